The molecule has 0 aliphatic heterocycles. The molecule has 0 aliphatic rings. The van der Waals surface area contributed by atoms with Gasteiger partial charge >= 0.3 is 0 Å². The van der Waals surface area contributed by atoms with E-state index in [9.17, 15) is 0 Å². The maximum absolute atomic E-state index is 8.84. The molecule has 0 aliphatic carbocycles. The maximum Gasteiger partial charge on any atom is 0.0645 e. The Morgan fingerprint density at radius 1 is 0.395 bits per heavy atom. The Morgan fingerprint density at radius 3 is 1.87 bits per heavy atom. The molecular formula is C36H24N2. The zero-order valence-corrected chi connectivity index (χ0v) is 20.2. The standard InChI is InChI=1S/C36H24N2/c1-2-11-25(12-3-1)26-13-10-14-27(23-26)37-35-20-9-6-17-31(35)32-24-28(21-22-36(32)37)38-33-18-7-4-15-29(33)30-16-5-8-19-34(30)38/h1-24H/i1D,4D,7D,11D,12D,15D,18D. The lowest BCUT2D eigenvalue weighted by Crippen LogP contribution is -1.96. The Hall–Kier alpha value is -5.08. The molecule has 2 aromatic heterocycles. The van der Waals surface area contributed by atoms with E-state index in [1.807, 2.05) is 77.4 Å². The molecule has 0 N–H and O–H groups in total. The molecule has 8 aromatic rings. The van der Waals surface area contributed by atoms with E-state index in [0.717, 1.165) is 49.6 Å². The maximum atomic E-state index is 8.84. The zero-order valence-electron chi connectivity index (χ0n) is 27.2. The summed E-state index contributed by atoms with van der Waals surface area (Å²) in [7, 11) is 0. The lowest BCUT2D eigenvalue weighted by molar-refractivity contribution is 1.17. The van der Waals surface area contributed by atoms with Gasteiger partial charge < -0.3 is 9.13 Å². The molecule has 6 aromatic carbocycles. The first kappa shape index (κ1) is 15.2. The molecule has 2 heterocycles. The third-order valence-corrected chi connectivity index (χ3v) is 7.21. The molecule has 2 heteroatoms. The van der Waals surface area contributed by atoms with Crippen LogP contribution < -0.4 is 0 Å². The monoisotopic (exact) mass is 491 g/mol. The number of aromatic nitrogens is 2. The number of nitrogens with zero attached hydrogens (tertiary/aromatic N) is 2. The Labute approximate surface area is 230 Å². The van der Waals surface area contributed by atoms with Gasteiger partial charge in [0.15, 0.2) is 0 Å². The van der Waals surface area contributed by atoms with Crippen molar-refractivity contribution in [2.24, 2.45) is 0 Å². The van der Waals surface area contributed by atoms with Crippen LogP contribution in [0, 0.1) is 0 Å². The molecule has 0 amide bonds. The molecule has 0 bridgehead atoms. The summed E-state index contributed by atoms with van der Waals surface area (Å²) in [5, 5.41) is 3.25. The predicted molar refractivity (Wildman–Crippen MR) is 161 cm³/mol. The summed E-state index contributed by atoms with van der Waals surface area (Å²) in [6.07, 6.45) is 0. The first-order valence-corrected chi connectivity index (χ1v) is 12.5. The minimum Gasteiger partial charge on any atom is -0.309 e. The van der Waals surface area contributed by atoms with Crippen LogP contribution >= 0.6 is 0 Å². The van der Waals surface area contributed by atoms with Gasteiger partial charge in [0.05, 0.1) is 31.7 Å². The molecule has 2 nitrogen and oxygen atoms in total. The van der Waals surface area contributed by atoms with Gasteiger partial charge in [0, 0.05) is 32.9 Å². The first-order valence-electron chi connectivity index (χ1n) is 16.0. The van der Waals surface area contributed by atoms with Crippen LogP contribution in [0.1, 0.15) is 9.60 Å². The van der Waals surface area contributed by atoms with Crippen molar-refractivity contribution in [1.29, 1.82) is 0 Å². The summed E-state index contributed by atoms with van der Waals surface area (Å²) >= 11 is 0. The van der Waals surface area contributed by atoms with Crippen molar-refractivity contribution in [2.45, 2.75) is 0 Å². The van der Waals surface area contributed by atoms with Crippen LogP contribution in [0.4, 0.5) is 0 Å². The van der Waals surface area contributed by atoms with Crippen molar-refractivity contribution >= 4 is 43.6 Å². The van der Waals surface area contributed by atoms with Crippen LogP contribution in [0.15, 0.2) is 145 Å². The number of hydrogen-bond acceptors (Lipinski definition) is 0. The molecule has 38 heavy (non-hydrogen) atoms. The molecule has 0 saturated carbocycles. The number of fused-ring (bicyclic) bond motifs is 6. The van der Waals surface area contributed by atoms with Crippen LogP contribution in [0.25, 0.3) is 66.1 Å². The normalized spacial score (nSPS) is 14.3. The number of hydrogen-bond donors (Lipinski definition) is 0. The van der Waals surface area contributed by atoms with E-state index in [0.29, 0.717) is 16.5 Å². The summed E-state index contributed by atoms with van der Waals surface area (Å²) < 4.78 is 63.1. The fourth-order valence-corrected chi connectivity index (χ4v) is 5.59. The zero-order chi connectivity index (χ0) is 31.1. The van der Waals surface area contributed by atoms with E-state index >= 15 is 0 Å². The second kappa shape index (κ2) is 8.22. The smallest absolute Gasteiger partial charge is 0.0645 e. The molecule has 178 valence electrons. The van der Waals surface area contributed by atoms with Crippen molar-refractivity contribution in [3.05, 3.63) is 145 Å². The predicted octanol–water partition coefficient (Wildman–Crippen LogP) is 9.55. The number of rotatable bonds is 3. The van der Waals surface area contributed by atoms with Gasteiger partial charge in [0.2, 0.25) is 0 Å². The molecule has 0 fully saturated rings. The van der Waals surface area contributed by atoms with Crippen molar-refractivity contribution in [3.63, 3.8) is 0 Å². The lowest BCUT2D eigenvalue weighted by Gasteiger charge is -2.11. The highest BCUT2D eigenvalue weighted by Gasteiger charge is 2.16. The van der Waals surface area contributed by atoms with Gasteiger partial charge in [-0.2, -0.15) is 0 Å². The second-order valence-electron chi connectivity index (χ2n) is 9.30. The Bertz CT molecular complexity index is 2500. The van der Waals surface area contributed by atoms with E-state index in [1.54, 1.807) is 0 Å². The van der Waals surface area contributed by atoms with Crippen molar-refractivity contribution < 1.29 is 9.60 Å². The van der Waals surface area contributed by atoms with E-state index in [4.69, 9.17) is 9.60 Å². The average molecular weight is 492 g/mol. The molecule has 0 atom stereocenters. The Balaban J connectivity index is 1.41. The fraction of sp³-hybridized carbons (Fsp3) is 0. The van der Waals surface area contributed by atoms with Gasteiger partial charge in [0.25, 0.3) is 0 Å². The molecule has 0 saturated heterocycles. The van der Waals surface area contributed by atoms with Gasteiger partial charge in [-0.05, 0) is 59.6 Å². The fourth-order valence-electron chi connectivity index (χ4n) is 5.59. The van der Waals surface area contributed by atoms with Crippen molar-refractivity contribution in [3.8, 4) is 22.5 Å². The quantitative estimate of drug-likeness (QED) is 0.233. The van der Waals surface area contributed by atoms with Crippen LogP contribution in [-0.4, -0.2) is 9.13 Å². The van der Waals surface area contributed by atoms with Gasteiger partial charge in [-0.25, -0.2) is 0 Å². The summed E-state index contributed by atoms with van der Waals surface area (Å²) in [4.78, 5) is 0. The highest BCUT2D eigenvalue weighted by atomic mass is 15.0. The third kappa shape index (κ3) is 3.07. The minimum atomic E-state index is -0.266. The van der Waals surface area contributed by atoms with Crippen LogP contribution in [0.2, 0.25) is 0 Å². The van der Waals surface area contributed by atoms with Gasteiger partial charge in [0.1, 0.15) is 0 Å². The minimum absolute atomic E-state index is 0.0532. The van der Waals surface area contributed by atoms with Crippen molar-refractivity contribution in [1.82, 2.24) is 9.13 Å². The van der Waals surface area contributed by atoms with Gasteiger partial charge in [-0.15, -0.1) is 0 Å². The van der Waals surface area contributed by atoms with E-state index in [2.05, 4.69) is 22.8 Å². The second-order valence-corrected chi connectivity index (χ2v) is 9.30. The van der Waals surface area contributed by atoms with Gasteiger partial charge in [-0.1, -0.05) is 96.9 Å². The molecule has 8 rings (SSSR count). The summed E-state index contributed by atoms with van der Waals surface area (Å²) in [5.74, 6) is 0. The lowest BCUT2D eigenvalue weighted by atomic mass is 10.1. The van der Waals surface area contributed by atoms with E-state index in [1.165, 1.54) is 12.1 Å². The topological polar surface area (TPSA) is 9.86 Å². The average Bonchev–Trinajstić information content (AvgIpc) is 3.55. The highest BCUT2D eigenvalue weighted by molar-refractivity contribution is 6.12. The SMILES string of the molecule is [2H]c1cc([2H])c(-c2cccc(-n3c4ccccc4c4cc(-n5c6ccccc6c6c([2H])c([2H])c([2H])c([2H])c65)ccc43)c2)c([2H])c1. The van der Waals surface area contributed by atoms with Crippen LogP contribution in [-0.2, 0) is 0 Å². The summed E-state index contributed by atoms with van der Waals surface area (Å²) in [5.41, 5.74) is 6.01. The van der Waals surface area contributed by atoms with Crippen LogP contribution in [0.3, 0.4) is 0 Å². The first-order chi connectivity index (χ1) is 21.7. The highest BCUT2D eigenvalue weighted by Crippen LogP contribution is 2.37. The van der Waals surface area contributed by atoms with Gasteiger partial charge in [-0.3, -0.25) is 0 Å². The summed E-state index contributed by atoms with van der Waals surface area (Å²) in [6.45, 7) is 0. The number of benzene rings is 6. The molecular weight excluding hydrogens is 460 g/mol. The molecule has 0 unspecified atom stereocenters. The van der Waals surface area contributed by atoms with E-state index in [-0.39, 0.29) is 42.3 Å². The van der Waals surface area contributed by atoms with Crippen LogP contribution in [0.5, 0.6) is 0 Å². The van der Waals surface area contributed by atoms with Crippen molar-refractivity contribution in [2.75, 3.05) is 0 Å². The third-order valence-electron chi connectivity index (χ3n) is 7.21. The Morgan fingerprint density at radius 2 is 1.05 bits per heavy atom. The Kier molecular flexibility index (Phi) is 3.30. The largest absolute Gasteiger partial charge is 0.309 e. The summed E-state index contributed by atoms with van der Waals surface area (Å²) in [6, 6.07) is 32.3. The molecule has 0 radical (unpaired) electrons. The van der Waals surface area contributed by atoms with E-state index < -0.39 is 0 Å². The molecule has 0 spiro atoms. The number of para-hydroxylation sites is 3.